The van der Waals surface area contributed by atoms with Crippen molar-refractivity contribution in [1.82, 2.24) is 71.8 Å². The lowest BCUT2D eigenvalue weighted by Gasteiger charge is -2.10. The number of hydrogen-bond acceptors (Lipinski definition) is 19. The summed E-state index contributed by atoms with van der Waals surface area (Å²) in [6.07, 6.45) is 26.5. The van der Waals surface area contributed by atoms with Gasteiger partial charge in [0.25, 0.3) is 5.69 Å². The van der Waals surface area contributed by atoms with Gasteiger partial charge >= 0.3 is 0 Å². The van der Waals surface area contributed by atoms with Crippen LogP contribution in [0.25, 0.3) is 62.0 Å². The number of imidazole rings is 5. The van der Waals surface area contributed by atoms with Gasteiger partial charge in [-0.15, -0.1) is 0 Å². The third-order valence-electron chi connectivity index (χ3n) is 17.4. The standard InChI is InChI=1S/C20H16ClN5O.C18H12ClN5O2.C18H14ClN5.C15H15ClN4.C13H11ClN4/c1-13(27)23-16-7-5-14(6-8-16)19-20(24-17-4-2-3-15(21)11-17)26-10-9-22-12-18(26)25-19;19-13-2-1-3-14(10-13)21-18-17(22-16-11-20-8-9-23(16)18)12-4-6-15(7-5-12)24(25)26;19-13-2-1-3-15(10-13)22-18-17(12-4-6-14(20)7-5-12)23-16-11-21-8-9-24(16)18;1-10(2)14-15(18-12-5-3-4-11(16)8-12)20-7-6-17-9-13(20)19-14;1-9-13(17-11-4-2-3-10(14)7-11)18-6-5-15-8-12(18)16-9/h2-12,24H,1H3,(H,23,27);1-11,21H;1-11,22H,20H2;3-10,18H,1-2H3;2-8,17H,1H3. The molecule has 8 N–H and O–H groups in total. The molecule has 18 rings (SSSR count). The Morgan fingerprint density at radius 2 is 0.687 bits per heavy atom. The number of nitrogen functional groups attached to an aromatic ring is 1. The highest BCUT2D eigenvalue weighted by atomic mass is 35.5. The summed E-state index contributed by atoms with van der Waals surface area (Å²) in [5.41, 5.74) is 22.3. The maximum atomic E-state index is 11.2. The zero-order valence-electron chi connectivity index (χ0n) is 61.6. The quantitative estimate of drug-likeness (QED) is 0.0268. The number of carbonyl (C=O) groups is 1. The number of nitro groups is 1. The Bertz CT molecular complexity index is 6490. The van der Waals surface area contributed by atoms with Crippen molar-refractivity contribution in [1.29, 1.82) is 0 Å². The smallest absolute Gasteiger partial charge is 0.269 e. The van der Waals surface area contributed by atoms with Gasteiger partial charge in [-0.25, -0.2) is 24.9 Å². The van der Waals surface area contributed by atoms with Gasteiger partial charge in [-0.2, -0.15) is 0 Å². The second-order valence-corrected chi connectivity index (χ2v) is 28.0. The Kier molecular flexibility index (Phi) is 24.0. The molecule has 1 amide bonds. The second-order valence-electron chi connectivity index (χ2n) is 25.9. The molecule has 10 heterocycles. The van der Waals surface area contributed by atoms with Gasteiger partial charge in [-0.05, 0) is 140 Å². The van der Waals surface area contributed by atoms with Crippen LogP contribution in [0.1, 0.15) is 38.1 Å². The van der Waals surface area contributed by atoms with Gasteiger partial charge in [-0.3, -0.25) is 61.8 Å². The average molecular weight is 1620 g/mol. The topological polar surface area (TPSA) is 309 Å². The van der Waals surface area contributed by atoms with E-state index in [0.29, 0.717) is 48.1 Å². The van der Waals surface area contributed by atoms with Crippen molar-refractivity contribution in [2.24, 2.45) is 0 Å². The van der Waals surface area contributed by atoms with Crippen LogP contribution in [-0.4, -0.2) is 82.7 Å². The van der Waals surface area contributed by atoms with Crippen LogP contribution < -0.4 is 37.6 Å². The third-order valence-corrected chi connectivity index (χ3v) is 18.5. The second kappa shape index (κ2) is 35.6. The highest BCUT2D eigenvalue weighted by Gasteiger charge is 2.21. The summed E-state index contributed by atoms with van der Waals surface area (Å²) in [4.78, 5) is 65.3. The number of carbonyl (C=O) groups excluding carboxylic acids is 1. The molecule has 0 unspecified atom stereocenters. The Morgan fingerprint density at radius 3 is 1.02 bits per heavy atom. The van der Waals surface area contributed by atoms with Gasteiger partial charge in [0.05, 0.1) is 47.3 Å². The predicted octanol–water partition coefficient (Wildman–Crippen LogP) is 21.5. The van der Waals surface area contributed by atoms with Gasteiger partial charge < -0.3 is 37.6 Å². The number of amides is 1. The maximum absolute atomic E-state index is 11.2. The molecule has 0 spiro atoms. The minimum atomic E-state index is -0.428. The Hall–Kier alpha value is -14.0. The molecule has 18 aromatic rings. The van der Waals surface area contributed by atoms with Crippen molar-refractivity contribution in [2.75, 3.05) is 37.6 Å². The monoisotopic (exact) mass is 1620 g/mol. The van der Waals surface area contributed by atoms with Crippen LogP contribution in [0.4, 0.5) is 74.6 Å². The SMILES string of the molecule is CC(=O)Nc1ccc(-c2nc3cnccn3c2Nc2cccc(Cl)c2)cc1.CC(C)c1nc2cnccn2c1Nc1cccc(Cl)c1.Cc1nc2cnccn2c1Nc1cccc(Cl)c1.Nc1ccc(-c2nc3cnccn3c2Nc2cccc(Cl)c2)cc1.O=[N+]([O-])c1ccc(-c2nc3cnccn3c2Nc2cccc(Cl)c2)cc1. The van der Waals surface area contributed by atoms with Crippen molar-refractivity contribution in [2.45, 2.75) is 33.6 Å². The van der Waals surface area contributed by atoms with Crippen molar-refractivity contribution in [3.05, 3.63) is 334 Å². The fourth-order valence-electron chi connectivity index (χ4n) is 12.1. The minimum absolute atomic E-state index is 0.0310. The Morgan fingerprint density at radius 1 is 0.391 bits per heavy atom. The molecule has 8 aromatic carbocycles. The van der Waals surface area contributed by atoms with Crippen LogP contribution in [0.5, 0.6) is 0 Å². The number of fused-ring (bicyclic) bond motifs is 5. The summed E-state index contributed by atoms with van der Waals surface area (Å²) in [6.45, 7) is 7.69. The molecule has 115 heavy (non-hydrogen) atoms. The number of nitrogens with two attached hydrogens (primary N) is 1. The molecule has 31 heteroatoms. The van der Waals surface area contributed by atoms with E-state index in [2.05, 4.69) is 85.6 Å². The summed E-state index contributed by atoms with van der Waals surface area (Å²) in [6, 6.07) is 59.1. The Labute approximate surface area is 682 Å². The van der Waals surface area contributed by atoms with Crippen molar-refractivity contribution in [3.63, 3.8) is 0 Å². The van der Waals surface area contributed by atoms with Crippen LogP contribution in [-0.2, 0) is 4.79 Å². The van der Waals surface area contributed by atoms with E-state index >= 15 is 0 Å². The van der Waals surface area contributed by atoms with E-state index in [1.807, 2.05) is 218 Å². The molecule has 0 saturated heterocycles. The van der Waals surface area contributed by atoms with Gasteiger partial charge in [0.1, 0.15) is 46.2 Å². The number of halogens is 5. The van der Waals surface area contributed by atoms with Crippen LogP contribution in [0.2, 0.25) is 25.1 Å². The van der Waals surface area contributed by atoms with E-state index in [9.17, 15) is 14.9 Å². The predicted molar refractivity (Wildman–Crippen MR) is 459 cm³/mol. The fraction of sp³-hybridized carbons (Fsp3) is 0.0595. The van der Waals surface area contributed by atoms with E-state index in [0.717, 1.165) is 125 Å². The minimum Gasteiger partial charge on any atom is -0.399 e. The molecule has 0 aliphatic rings. The first-order valence-electron chi connectivity index (χ1n) is 35.5. The molecule has 0 atom stereocenters. The first-order valence-corrected chi connectivity index (χ1v) is 37.4. The molecule has 10 aromatic heterocycles. The molecular weight excluding hydrogens is 1560 g/mol. The zero-order valence-corrected chi connectivity index (χ0v) is 65.3. The van der Waals surface area contributed by atoms with Crippen LogP contribution in [0.3, 0.4) is 0 Å². The molecule has 0 aliphatic carbocycles. The normalized spacial score (nSPS) is 10.9. The fourth-order valence-corrected chi connectivity index (χ4v) is 13.1. The average Bonchev–Trinajstić information content (AvgIpc) is 1.65. The summed E-state index contributed by atoms with van der Waals surface area (Å²) < 4.78 is 9.72. The van der Waals surface area contributed by atoms with E-state index in [1.165, 1.54) is 19.1 Å². The lowest BCUT2D eigenvalue weighted by Crippen LogP contribution is -2.05. The number of hydrogen-bond donors (Lipinski definition) is 7. The van der Waals surface area contributed by atoms with E-state index < -0.39 is 4.92 Å². The van der Waals surface area contributed by atoms with Gasteiger partial charge in [-0.1, -0.05) is 126 Å². The number of anilines is 12. The number of nitrogens with one attached hydrogen (secondary N) is 6. The molecule has 0 saturated carbocycles. The number of aromatic nitrogens is 15. The molecule has 0 bridgehead atoms. The highest BCUT2D eigenvalue weighted by molar-refractivity contribution is 6.32. The number of nitro benzene ring substituents is 1. The van der Waals surface area contributed by atoms with E-state index in [-0.39, 0.29) is 11.6 Å². The van der Waals surface area contributed by atoms with Crippen LogP contribution in [0, 0.1) is 17.0 Å². The number of aryl methyl sites for hydroxylation is 1. The van der Waals surface area contributed by atoms with Gasteiger partial charge in [0, 0.05) is 163 Å². The Balaban J connectivity index is 0.000000120. The van der Waals surface area contributed by atoms with Crippen molar-refractivity contribution in [3.8, 4) is 33.8 Å². The number of rotatable bonds is 16. The first kappa shape index (κ1) is 77.7. The first-order chi connectivity index (χ1) is 55.8. The molecule has 572 valence electrons. The summed E-state index contributed by atoms with van der Waals surface area (Å²) in [7, 11) is 0. The summed E-state index contributed by atoms with van der Waals surface area (Å²) in [5, 5.41) is 33.9. The number of non-ortho nitro benzene ring substituents is 1. The van der Waals surface area contributed by atoms with Gasteiger partial charge in [0.15, 0.2) is 28.2 Å². The third kappa shape index (κ3) is 19.0. The lowest BCUT2D eigenvalue weighted by molar-refractivity contribution is -0.384. The molecular formula is C84H68Cl5N23O3. The molecule has 0 aliphatic heterocycles. The highest BCUT2D eigenvalue weighted by Crippen LogP contribution is 2.37. The van der Waals surface area contributed by atoms with Gasteiger partial charge in [0.2, 0.25) is 5.91 Å². The summed E-state index contributed by atoms with van der Waals surface area (Å²) >= 11 is 30.3. The molecule has 0 radical (unpaired) electrons. The molecule has 0 fully saturated rings. The number of nitrogens with zero attached hydrogens (tertiary/aromatic N) is 16. The zero-order chi connectivity index (χ0) is 80.1. The maximum Gasteiger partial charge on any atom is 0.269 e. The summed E-state index contributed by atoms with van der Waals surface area (Å²) in [5.74, 6) is 4.47. The van der Waals surface area contributed by atoms with E-state index in [4.69, 9.17) is 73.7 Å². The van der Waals surface area contributed by atoms with Crippen molar-refractivity contribution >= 4 is 167 Å². The van der Waals surface area contributed by atoms with E-state index in [1.54, 1.807) is 86.4 Å². The van der Waals surface area contributed by atoms with Crippen molar-refractivity contribution < 1.29 is 9.72 Å². The van der Waals surface area contributed by atoms with Crippen LogP contribution >= 0.6 is 58.0 Å². The largest absolute Gasteiger partial charge is 0.399 e. The lowest BCUT2D eigenvalue weighted by atomic mass is 10.1. The molecule has 26 nitrogen and oxygen atoms in total. The number of benzene rings is 8. The van der Waals surface area contributed by atoms with Crippen LogP contribution in [0.15, 0.2) is 287 Å².